The van der Waals surface area contributed by atoms with Crippen LogP contribution in [0.4, 0.5) is 21.8 Å². The highest BCUT2D eigenvalue weighted by Gasteiger charge is 2.13. The van der Waals surface area contributed by atoms with Crippen LogP contribution in [0.1, 0.15) is 17.0 Å². The molecule has 0 bridgehead atoms. The van der Waals surface area contributed by atoms with Crippen molar-refractivity contribution in [2.75, 3.05) is 23.8 Å². The van der Waals surface area contributed by atoms with Crippen LogP contribution in [0.5, 0.6) is 5.75 Å². The van der Waals surface area contributed by atoms with E-state index in [1.807, 2.05) is 26.0 Å². The minimum atomic E-state index is -0.639. The van der Waals surface area contributed by atoms with E-state index in [-0.39, 0.29) is 17.2 Å². The molecule has 3 aromatic heterocycles. The van der Waals surface area contributed by atoms with E-state index in [0.29, 0.717) is 24.7 Å². The predicted octanol–water partition coefficient (Wildman–Crippen LogP) is 3.06. The number of rotatable bonds is 7. The molecule has 8 nitrogen and oxygen atoms in total. The molecule has 3 heterocycles. The zero-order chi connectivity index (χ0) is 19.2. The maximum absolute atomic E-state index is 14.2. The summed E-state index contributed by atoms with van der Waals surface area (Å²) in [7, 11) is 0. The molecule has 138 valence electrons. The van der Waals surface area contributed by atoms with Gasteiger partial charge in [-0.2, -0.15) is 10.4 Å². The molecule has 0 atom stereocenters. The lowest BCUT2D eigenvalue weighted by atomic mass is 10.2. The Kier molecular flexibility index (Phi) is 5.47. The largest absolute Gasteiger partial charge is 0.490 e. The number of hydrogen-bond acceptors (Lipinski definition) is 7. The van der Waals surface area contributed by atoms with Gasteiger partial charge in [0.1, 0.15) is 24.2 Å². The number of aromatic nitrogens is 4. The van der Waals surface area contributed by atoms with Crippen LogP contribution in [0.3, 0.4) is 0 Å². The summed E-state index contributed by atoms with van der Waals surface area (Å²) < 4.78 is 19.8. The molecule has 9 heteroatoms. The molecule has 0 aliphatic rings. The lowest BCUT2D eigenvalue weighted by Gasteiger charge is -2.12. The Balaban J connectivity index is 1.67. The minimum absolute atomic E-state index is 0.0213. The third-order valence-corrected chi connectivity index (χ3v) is 3.66. The van der Waals surface area contributed by atoms with Gasteiger partial charge in [-0.05, 0) is 32.0 Å². The smallest absolute Gasteiger partial charge is 0.170 e. The van der Waals surface area contributed by atoms with Crippen molar-refractivity contribution in [2.24, 2.45) is 0 Å². The summed E-state index contributed by atoms with van der Waals surface area (Å²) in [6.45, 7) is 4.39. The summed E-state index contributed by atoms with van der Waals surface area (Å²) >= 11 is 0. The molecule has 0 fully saturated rings. The molecular formula is C18H18FN7O. The number of nitriles is 1. The van der Waals surface area contributed by atoms with Gasteiger partial charge in [0, 0.05) is 18.0 Å². The molecule has 0 spiro atoms. The molecule has 3 rings (SSSR count). The fraction of sp³-hybridized carbons (Fsp3) is 0.222. The summed E-state index contributed by atoms with van der Waals surface area (Å²) in [6.07, 6.45) is 1.69. The topological polar surface area (TPSA) is 112 Å². The summed E-state index contributed by atoms with van der Waals surface area (Å²) in [5, 5.41) is 21.8. The fourth-order valence-electron chi connectivity index (χ4n) is 2.35. The first-order valence-corrected chi connectivity index (χ1v) is 8.25. The van der Waals surface area contributed by atoms with Crippen molar-refractivity contribution in [3.05, 3.63) is 53.2 Å². The minimum Gasteiger partial charge on any atom is -0.490 e. The first-order chi connectivity index (χ1) is 13.1. The van der Waals surface area contributed by atoms with E-state index in [1.54, 1.807) is 18.3 Å². The second-order valence-corrected chi connectivity index (χ2v) is 5.75. The third kappa shape index (κ3) is 4.49. The Hall–Kier alpha value is -3.67. The lowest BCUT2D eigenvalue weighted by molar-refractivity contribution is 0.329. The van der Waals surface area contributed by atoms with Crippen molar-refractivity contribution in [3.8, 4) is 11.8 Å². The van der Waals surface area contributed by atoms with Crippen molar-refractivity contribution in [1.82, 2.24) is 20.2 Å². The number of hydrogen-bond donors (Lipinski definition) is 3. The summed E-state index contributed by atoms with van der Waals surface area (Å²) in [4.78, 5) is 8.32. The van der Waals surface area contributed by atoms with Crippen molar-refractivity contribution in [2.45, 2.75) is 13.8 Å². The Morgan fingerprint density at radius 3 is 2.85 bits per heavy atom. The van der Waals surface area contributed by atoms with Crippen LogP contribution in [0, 0.1) is 31.0 Å². The number of ether oxygens (including phenoxy) is 1. The Morgan fingerprint density at radius 2 is 2.15 bits per heavy atom. The molecule has 0 saturated heterocycles. The van der Waals surface area contributed by atoms with Gasteiger partial charge in [0.2, 0.25) is 0 Å². The van der Waals surface area contributed by atoms with Gasteiger partial charge in [-0.25, -0.2) is 9.37 Å². The average molecular weight is 367 g/mol. The predicted molar refractivity (Wildman–Crippen MR) is 98.5 cm³/mol. The van der Waals surface area contributed by atoms with Gasteiger partial charge in [-0.1, -0.05) is 0 Å². The number of nitrogens with zero attached hydrogens (tertiary/aromatic N) is 4. The van der Waals surface area contributed by atoms with Crippen molar-refractivity contribution < 1.29 is 9.13 Å². The molecule has 0 aliphatic heterocycles. The second kappa shape index (κ2) is 8.14. The SMILES string of the molecule is Cc1cc(Nc2nc(NCCOc3cccnc3C)c(C#N)cc2F)n[nH]1. The van der Waals surface area contributed by atoms with Crippen LogP contribution in [0.15, 0.2) is 30.5 Å². The Morgan fingerprint density at radius 1 is 1.30 bits per heavy atom. The summed E-state index contributed by atoms with van der Waals surface area (Å²) in [5.74, 6) is 0.722. The third-order valence-electron chi connectivity index (χ3n) is 3.66. The maximum atomic E-state index is 14.2. The van der Waals surface area contributed by atoms with Crippen LogP contribution in [-0.2, 0) is 0 Å². The first kappa shape index (κ1) is 18.1. The van der Waals surface area contributed by atoms with Crippen LogP contribution in [0.2, 0.25) is 0 Å². The summed E-state index contributed by atoms with van der Waals surface area (Å²) in [6, 6.07) is 8.40. The Labute approximate surface area is 155 Å². The molecule has 0 unspecified atom stereocenters. The van der Waals surface area contributed by atoms with Crippen molar-refractivity contribution >= 4 is 17.5 Å². The molecule has 0 saturated carbocycles. The first-order valence-electron chi connectivity index (χ1n) is 8.25. The molecule has 0 aliphatic carbocycles. The zero-order valence-corrected chi connectivity index (χ0v) is 14.9. The average Bonchev–Trinajstić information content (AvgIpc) is 3.07. The number of aryl methyl sites for hydroxylation is 2. The highest BCUT2D eigenvalue weighted by atomic mass is 19.1. The highest BCUT2D eigenvalue weighted by Crippen LogP contribution is 2.22. The second-order valence-electron chi connectivity index (χ2n) is 5.75. The molecule has 3 aromatic rings. The standard InChI is InChI=1S/C18H18FN7O/c1-11-8-16(26-25-11)23-18-14(19)9-13(10-20)17(24-18)22-6-7-27-15-4-3-5-21-12(15)2/h3-5,8-9H,6-7H2,1-2H3,(H3,22,23,24,25,26). The monoisotopic (exact) mass is 367 g/mol. The van der Waals surface area contributed by atoms with E-state index in [1.165, 1.54) is 0 Å². The quantitative estimate of drug-likeness (QED) is 0.550. The van der Waals surface area contributed by atoms with E-state index in [4.69, 9.17) is 4.74 Å². The van der Waals surface area contributed by atoms with E-state index < -0.39 is 5.82 Å². The van der Waals surface area contributed by atoms with Gasteiger partial charge in [-0.3, -0.25) is 10.1 Å². The van der Waals surface area contributed by atoms with Gasteiger partial charge in [0.15, 0.2) is 17.5 Å². The number of halogens is 1. The Bertz CT molecular complexity index is 980. The van der Waals surface area contributed by atoms with Gasteiger partial charge in [0.25, 0.3) is 0 Å². The van der Waals surface area contributed by atoms with Crippen molar-refractivity contribution in [1.29, 1.82) is 5.26 Å². The number of aromatic amines is 1. The van der Waals surface area contributed by atoms with Crippen LogP contribution in [-0.4, -0.2) is 33.3 Å². The van der Waals surface area contributed by atoms with Gasteiger partial charge < -0.3 is 15.4 Å². The van der Waals surface area contributed by atoms with E-state index in [9.17, 15) is 9.65 Å². The maximum Gasteiger partial charge on any atom is 0.170 e. The molecule has 0 aromatic carbocycles. The number of nitrogens with one attached hydrogen (secondary N) is 3. The zero-order valence-electron chi connectivity index (χ0n) is 14.9. The van der Waals surface area contributed by atoms with Gasteiger partial charge >= 0.3 is 0 Å². The van der Waals surface area contributed by atoms with E-state index in [2.05, 4.69) is 30.8 Å². The number of H-pyrrole nitrogens is 1. The fourth-order valence-corrected chi connectivity index (χ4v) is 2.35. The molecular weight excluding hydrogens is 349 g/mol. The van der Waals surface area contributed by atoms with Gasteiger partial charge in [-0.15, -0.1) is 0 Å². The molecule has 27 heavy (non-hydrogen) atoms. The highest BCUT2D eigenvalue weighted by molar-refractivity contribution is 5.61. The molecule has 3 N–H and O–H groups in total. The van der Waals surface area contributed by atoms with E-state index >= 15 is 0 Å². The van der Waals surface area contributed by atoms with Crippen molar-refractivity contribution in [3.63, 3.8) is 0 Å². The number of pyridine rings is 2. The van der Waals surface area contributed by atoms with Crippen LogP contribution >= 0.6 is 0 Å². The van der Waals surface area contributed by atoms with Gasteiger partial charge in [0.05, 0.1) is 17.8 Å². The normalized spacial score (nSPS) is 10.3. The molecule has 0 amide bonds. The van der Waals surface area contributed by atoms with Crippen LogP contribution < -0.4 is 15.4 Å². The van der Waals surface area contributed by atoms with E-state index in [0.717, 1.165) is 17.5 Å². The summed E-state index contributed by atoms with van der Waals surface area (Å²) in [5.41, 5.74) is 1.72. The van der Waals surface area contributed by atoms with Crippen LogP contribution in [0.25, 0.3) is 0 Å². The number of anilines is 3. The lowest BCUT2D eigenvalue weighted by Crippen LogP contribution is -2.14. The molecule has 0 radical (unpaired) electrons.